The average Bonchev–Trinajstić information content (AvgIpc) is 3.40. The molecular formula is C25H19N5O3. The molecule has 8 nitrogen and oxygen atoms in total. The maximum Gasteiger partial charge on any atom is 0.269 e. The Labute approximate surface area is 189 Å². The maximum atomic E-state index is 13.0. The van der Waals surface area contributed by atoms with E-state index in [1.807, 2.05) is 61.5 Å². The van der Waals surface area contributed by atoms with Crippen LogP contribution in [-0.2, 0) is 4.79 Å². The smallest absolute Gasteiger partial charge is 0.269 e. The molecule has 0 aliphatic carbocycles. The van der Waals surface area contributed by atoms with Crippen LogP contribution in [0.2, 0.25) is 0 Å². The summed E-state index contributed by atoms with van der Waals surface area (Å²) in [5.74, 6) is -1.03. The zero-order chi connectivity index (χ0) is 22.9. The minimum atomic E-state index is -0.768. The van der Waals surface area contributed by atoms with Crippen LogP contribution >= 0.6 is 0 Å². The van der Waals surface area contributed by atoms with Crippen LogP contribution in [0.15, 0.2) is 84.1 Å². The number of nitro benzene ring substituents is 1. The molecule has 0 saturated carbocycles. The number of aliphatic imine (C=N–C) groups is 1. The Morgan fingerprint density at radius 3 is 2.48 bits per heavy atom. The maximum absolute atomic E-state index is 13.0. The SMILES string of the molecule is Cc1[nH]cnc1-c1ccc(N=C(c2ccccc2)C2C(=O)Nc3ccc([N+](=O)[O-])cc32)cc1. The minimum absolute atomic E-state index is 0.0682. The van der Waals surface area contributed by atoms with E-state index in [1.54, 1.807) is 12.4 Å². The van der Waals surface area contributed by atoms with Crippen molar-refractivity contribution >= 4 is 28.7 Å². The van der Waals surface area contributed by atoms with Gasteiger partial charge in [-0.25, -0.2) is 4.98 Å². The summed E-state index contributed by atoms with van der Waals surface area (Å²) in [5, 5.41) is 14.2. The third kappa shape index (κ3) is 3.78. The van der Waals surface area contributed by atoms with E-state index < -0.39 is 10.8 Å². The lowest BCUT2D eigenvalue weighted by atomic mass is 9.90. The number of H-pyrrole nitrogens is 1. The second-order valence-corrected chi connectivity index (χ2v) is 7.74. The number of aryl methyl sites for hydroxylation is 1. The third-order valence-electron chi connectivity index (χ3n) is 5.64. The number of imidazole rings is 1. The van der Waals surface area contributed by atoms with Crippen molar-refractivity contribution in [2.75, 3.05) is 5.32 Å². The lowest BCUT2D eigenvalue weighted by Gasteiger charge is -2.14. The van der Waals surface area contributed by atoms with Gasteiger partial charge >= 0.3 is 0 Å². The highest BCUT2D eigenvalue weighted by Crippen LogP contribution is 2.38. The van der Waals surface area contributed by atoms with E-state index in [0.29, 0.717) is 22.6 Å². The number of hydrogen-bond donors (Lipinski definition) is 2. The largest absolute Gasteiger partial charge is 0.348 e. The second-order valence-electron chi connectivity index (χ2n) is 7.74. The van der Waals surface area contributed by atoms with Gasteiger partial charge in [0.1, 0.15) is 5.92 Å². The summed E-state index contributed by atoms with van der Waals surface area (Å²) in [6.45, 7) is 1.96. The standard InChI is InChI=1S/C25H19N5O3/c1-15-23(27-14-26-15)17-7-9-18(10-8-17)28-24(16-5-3-2-4-6-16)22-20-13-19(30(32)33)11-12-21(20)29-25(22)31/h2-14,22H,1H3,(H,26,27)(H,29,31). The van der Waals surface area contributed by atoms with E-state index in [9.17, 15) is 14.9 Å². The molecule has 1 aromatic heterocycles. The van der Waals surface area contributed by atoms with Crippen LogP contribution in [0.4, 0.5) is 17.1 Å². The number of aromatic amines is 1. The fourth-order valence-corrected chi connectivity index (χ4v) is 4.02. The van der Waals surface area contributed by atoms with E-state index in [1.165, 1.54) is 12.1 Å². The van der Waals surface area contributed by atoms with E-state index in [4.69, 9.17) is 4.99 Å². The van der Waals surface area contributed by atoms with Crippen molar-refractivity contribution in [2.45, 2.75) is 12.8 Å². The van der Waals surface area contributed by atoms with Crippen molar-refractivity contribution in [1.82, 2.24) is 9.97 Å². The van der Waals surface area contributed by atoms with E-state index in [2.05, 4.69) is 15.3 Å². The molecule has 1 atom stereocenters. The summed E-state index contributed by atoms with van der Waals surface area (Å²) in [6.07, 6.45) is 1.65. The third-order valence-corrected chi connectivity index (χ3v) is 5.64. The summed E-state index contributed by atoms with van der Waals surface area (Å²) in [4.78, 5) is 36.1. The van der Waals surface area contributed by atoms with Crippen molar-refractivity contribution in [3.8, 4) is 11.3 Å². The van der Waals surface area contributed by atoms with Crippen molar-refractivity contribution < 1.29 is 9.72 Å². The predicted octanol–water partition coefficient (Wildman–Crippen LogP) is 5.15. The van der Waals surface area contributed by atoms with Gasteiger partial charge < -0.3 is 10.3 Å². The number of benzene rings is 3. The zero-order valence-electron chi connectivity index (χ0n) is 17.6. The fraction of sp³-hybridized carbons (Fsp3) is 0.0800. The molecule has 4 aromatic rings. The Bertz CT molecular complexity index is 1390. The Kier molecular flexibility index (Phi) is 5.02. The Morgan fingerprint density at radius 2 is 1.82 bits per heavy atom. The summed E-state index contributed by atoms with van der Waals surface area (Å²) in [5.41, 5.74) is 5.78. The highest BCUT2D eigenvalue weighted by atomic mass is 16.6. The normalized spacial score (nSPS) is 15.2. The second kappa shape index (κ2) is 8.16. The van der Waals surface area contributed by atoms with Gasteiger partial charge in [0, 0.05) is 34.6 Å². The molecule has 2 heterocycles. The topological polar surface area (TPSA) is 113 Å². The van der Waals surface area contributed by atoms with Gasteiger partial charge in [0.15, 0.2) is 0 Å². The lowest BCUT2D eigenvalue weighted by molar-refractivity contribution is -0.384. The van der Waals surface area contributed by atoms with Crippen molar-refractivity contribution in [1.29, 1.82) is 0 Å². The number of carbonyl (C=O) groups excluding carboxylic acids is 1. The first kappa shape index (κ1) is 20.3. The zero-order valence-corrected chi connectivity index (χ0v) is 17.6. The van der Waals surface area contributed by atoms with Gasteiger partial charge in [-0.15, -0.1) is 0 Å². The van der Waals surface area contributed by atoms with Crippen LogP contribution in [0.5, 0.6) is 0 Å². The quantitative estimate of drug-likeness (QED) is 0.255. The molecule has 3 aromatic carbocycles. The minimum Gasteiger partial charge on any atom is -0.348 e. The monoisotopic (exact) mass is 437 g/mol. The molecule has 162 valence electrons. The van der Waals surface area contributed by atoms with Crippen LogP contribution in [-0.4, -0.2) is 26.5 Å². The van der Waals surface area contributed by atoms with Gasteiger partial charge in [-0.1, -0.05) is 42.5 Å². The van der Waals surface area contributed by atoms with Gasteiger partial charge in [-0.05, 0) is 30.7 Å². The molecule has 0 spiro atoms. The lowest BCUT2D eigenvalue weighted by Crippen LogP contribution is -2.22. The number of amides is 1. The number of non-ortho nitro benzene ring substituents is 1. The van der Waals surface area contributed by atoms with Crippen LogP contribution in [0, 0.1) is 17.0 Å². The molecule has 0 radical (unpaired) electrons. The number of nitrogens with one attached hydrogen (secondary N) is 2. The first-order valence-electron chi connectivity index (χ1n) is 10.3. The number of aromatic nitrogens is 2. The number of carbonyl (C=O) groups is 1. The van der Waals surface area contributed by atoms with Crippen LogP contribution in [0.25, 0.3) is 11.3 Å². The summed E-state index contributed by atoms with van der Waals surface area (Å²) >= 11 is 0. The first-order chi connectivity index (χ1) is 16.0. The number of fused-ring (bicyclic) bond motifs is 1. The van der Waals surface area contributed by atoms with Crippen LogP contribution < -0.4 is 5.32 Å². The molecule has 1 aliphatic rings. The highest BCUT2D eigenvalue weighted by molar-refractivity contribution is 6.24. The number of hydrogen-bond acceptors (Lipinski definition) is 5. The summed E-state index contributed by atoms with van der Waals surface area (Å²) < 4.78 is 0. The van der Waals surface area contributed by atoms with Gasteiger partial charge in [0.2, 0.25) is 5.91 Å². The van der Waals surface area contributed by atoms with E-state index in [-0.39, 0.29) is 11.6 Å². The van der Waals surface area contributed by atoms with Gasteiger partial charge in [-0.3, -0.25) is 19.9 Å². The van der Waals surface area contributed by atoms with Gasteiger partial charge in [-0.2, -0.15) is 0 Å². The number of anilines is 1. The Hall–Kier alpha value is -4.59. The molecule has 5 rings (SSSR count). The Morgan fingerprint density at radius 1 is 1.06 bits per heavy atom. The van der Waals surface area contributed by atoms with Crippen molar-refractivity contribution in [3.05, 3.63) is 106 Å². The van der Waals surface area contributed by atoms with Crippen molar-refractivity contribution in [3.63, 3.8) is 0 Å². The molecule has 8 heteroatoms. The molecule has 0 bridgehead atoms. The van der Waals surface area contributed by atoms with E-state index in [0.717, 1.165) is 22.5 Å². The van der Waals surface area contributed by atoms with E-state index >= 15 is 0 Å². The first-order valence-corrected chi connectivity index (χ1v) is 10.3. The summed E-state index contributed by atoms with van der Waals surface area (Å²) in [7, 11) is 0. The predicted molar refractivity (Wildman–Crippen MR) is 126 cm³/mol. The van der Waals surface area contributed by atoms with Crippen molar-refractivity contribution in [2.24, 2.45) is 4.99 Å². The number of nitro groups is 1. The highest BCUT2D eigenvalue weighted by Gasteiger charge is 2.36. The molecule has 0 fully saturated rings. The van der Waals surface area contributed by atoms with Gasteiger partial charge in [0.05, 0.1) is 28.3 Å². The molecule has 1 unspecified atom stereocenters. The molecule has 1 aliphatic heterocycles. The molecule has 2 N–H and O–H groups in total. The molecule has 33 heavy (non-hydrogen) atoms. The Balaban J connectivity index is 1.61. The average molecular weight is 437 g/mol. The molecule has 1 amide bonds. The molecule has 0 saturated heterocycles. The number of rotatable bonds is 5. The fourth-order valence-electron chi connectivity index (χ4n) is 4.02. The summed E-state index contributed by atoms with van der Waals surface area (Å²) in [6, 6.07) is 21.4. The van der Waals surface area contributed by atoms with Gasteiger partial charge in [0.25, 0.3) is 5.69 Å². The van der Waals surface area contributed by atoms with Crippen LogP contribution in [0.1, 0.15) is 22.7 Å². The van der Waals surface area contributed by atoms with Crippen LogP contribution in [0.3, 0.4) is 0 Å². The number of nitrogens with zero attached hydrogens (tertiary/aromatic N) is 3. The molecular weight excluding hydrogens is 418 g/mol.